The monoisotopic (exact) mass is 278 g/mol. The minimum atomic E-state index is -1.26. The summed E-state index contributed by atoms with van der Waals surface area (Å²) in [6.45, 7) is 1.56. The smallest absolute Gasteiger partial charge is 0.337 e. The van der Waals surface area contributed by atoms with E-state index >= 15 is 0 Å². The van der Waals surface area contributed by atoms with Crippen LogP contribution >= 0.6 is 0 Å². The highest BCUT2D eigenvalue weighted by molar-refractivity contribution is 6.01. The molecule has 2 aromatic rings. The van der Waals surface area contributed by atoms with Gasteiger partial charge >= 0.3 is 5.97 Å². The lowest BCUT2D eigenvalue weighted by Crippen LogP contribution is -2.25. The van der Waals surface area contributed by atoms with Gasteiger partial charge in [-0.3, -0.25) is 4.79 Å². The Kier molecular flexibility index (Phi) is 3.74. The second-order valence-corrected chi connectivity index (χ2v) is 4.04. The first kappa shape index (κ1) is 13.7. The normalized spacial score (nSPS) is 11.9. The molecule has 1 aromatic heterocycles. The third-order valence-electron chi connectivity index (χ3n) is 2.68. The first-order valence-electron chi connectivity index (χ1n) is 5.67. The van der Waals surface area contributed by atoms with Gasteiger partial charge in [0.2, 0.25) is 5.91 Å². The minimum absolute atomic E-state index is 0.102. The maximum atomic E-state index is 13.2. The van der Waals surface area contributed by atoms with E-state index in [-0.39, 0.29) is 11.3 Å². The Hall–Kier alpha value is -2.77. The van der Waals surface area contributed by atoms with Crippen LogP contribution in [0.2, 0.25) is 0 Å². The Morgan fingerprint density at radius 2 is 2.20 bits per heavy atom. The number of nitrogens with one attached hydrogen (secondary N) is 1. The van der Waals surface area contributed by atoms with Crippen molar-refractivity contribution in [3.05, 3.63) is 42.2 Å². The molecule has 1 heterocycles. The van der Waals surface area contributed by atoms with Crippen molar-refractivity contribution in [1.29, 1.82) is 0 Å². The Balaban J connectivity index is 2.23. The molecule has 20 heavy (non-hydrogen) atoms. The molecule has 1 aromatic carbocycles. The molecule has 0 saturated heterocycles. The number of carbonyl (C=O) groups is 2. The number of aromatic carboxylic acids is 1. The third kappa shape index (κ3) is 2.79. The minimum Gasteiger partial charge on any atom is -0.478 e. The zero-order chi connectivity index (χ0) is 14.7. The number of halogens is 1. The van der Waals surface area contributed by atoms with Crippen LogP contribution in [0.4, 0.5) is 10.1 Å². The molecule has 0 aliphatic rings. The lowest BCUT2D eigenvalue weighted by molar-refractivity contribution is -0.119. The van der Waals surface area contributed by atoms with Crippen LogP contribution in [-0.2, 0) is 4.79 Å². The number of carbonyl (C=O) groups excluding carboxylic acids is 1. The van der Waals surface area contributed by atoms with E-state index in [1.54, 1.807) is 6.92 Å². The highest BCUT2D eigenvalue weighted by Gasteiger charge is 2.19. The fraction of sp³-hybridized carbons (Fsp3) is 0.167. The highest BCUT2D eigenvalue weighted by Crippen LogP contribution is 2.19. The van der Waals surface area contributed by atoms with Crippen LogP contribution in [0.1, 0.15) is 23.3 Å². The first-order chi connectivity index (χ1) is 9.49. The molecule has 1 atom stereocenters. The first-order valence-corrected chi connectivity index (χ1v) is 5.67. The van der Waals surface area contributed by atoms with Crippen LogP contribution in [0.5, 0.6) is 0 Å². The largest absolute Gasteiger partial charge is 0.478 e. The zero-order valence-electron chi connectivity index (χ0n) is 10.4. The second kappa shape index (κ2) is 5.47. The van der Waals surface area contributed by atoms with Crippen molar-refractivity contribution in [2.45, 2.75) is 13.0 Å². The molecule has 0 aliphatic carbocycles. The van der Waals surface area contributed by atoms with Gasteiger partial charge in [-0.05, 0) is 25.1 Å². The molecule has 7 nitrogen and oxygen atoms in total. The summed E-state index contributed by atoms with van der Waals surface area (Å²) in [5.41, 5.74) is -0.292. The summed E-state index contributed by atoms with van der Waals surface area (Å²) in [6.07, 6.45) is 2.63. The Morgan fingerprint density at radius 1 is 1.45 bits per heavy atom. The number of rotatable bonds is 4. The van der Waals surface area contributed by atoms with Gasteiger partial charge in [0, 0.05) is 0 Å². The molecule has 104 valence electrons. The molecule has 0 bridgehead atoms. The second-order valence-electron chi connectivity index (χ2n) is 4.04. The van der Waals surface area contributed by atoms with Crippen molar-refractivity contribution in [3.8, 4) is 0 Å². The van der Waals surface area contributed by atoms with Crippen molar-refractivity contribution < 1.29 is 19.1 Å². The number of carboxylic acids is 1. The lowest BCUT2D eigenvalue weighted by atomic mass is 10.1. The third-order valence-corrected chi connectivity index (χ3v) is 2.68. The van der Waals surface area contributed by atoms with Gasteiger partial charge in [-0.25, -0.2) is 18.9 Å². The number of carboxylic acid groups (broad SMARTS) is 1. The van der Waals surface area contributed by atoms with Crippen LogP contribution in [0.15, 0.2) is 30.9 Å². The Bertz CT molecular complexity index is 642. The van der Waals surface area contributed by atoms with Gasteiger partial charge in [0.05, 0.1) is 11.3 Å². The van der Waals surface area contributed by atoms with Gasteiger partial charge in [0.15, 0.2) is 0 Å². The number of anilines is 1. The number of aromatic nitrogens is 3. The van der Waals surface area contributed by atoms with Crippen LogP contribution < -0.4 is 5.32 Å². The number of hydrogen-bond donors (Lipinski definition) is 2. The van der Waals surface area contributed by atoms with E-state index in [0.29, 0.717) is 0 Å². The van der Waals surface area contributed by atoms with Crippen molar-refractivity contribution in [3.63, 3.8) is 0 Å². The molecular weight excluding hydrogens is 267 g/mol. The highest BCUT2D eigenvalue weighted by atomic mass is 19.1. The summed E-state index contributed by atoms with van der Waals surface area (Å²) in [6, 6.07) is 2.35. The molecule has 0 saturated carbocycles. The average molecular weight is 278 g/mol. The van der Waals surface area contributed by atoms with E-state index in [2.05, 4.69) is 15.4 Å². The number of hydrogen-bond acceptors (Lipinski definition) is 4. The van der Waals surface area contributed by atoms with E-state index in [9.17, 15) is 14.0 Å². The van der Waals surface area contributed by atoms with E-state index in [1.165, 1.54) is 17.3 Å². The molecule has 8 heteroatoms. The van der Waals surface area contributed by atoms with E-state index in [4.69, 9.17) is 5.11 Å². The molecule has 2 rings (SSSR count). The molecule has 2 N–H and O–H groups in total. The fourth-order valence-electron chi connectivity index (χ4n) is 1.58. The van der Waals surface area contributed by atoms with Crippen molar-refractivity contribution in [2.75, 3.05) is 5.32 Å². The molecule has 0 radical (unpaired) electrons. The summed E-state index contributed by atoms with van der Waals surface area (Å²) in [5.74, 6) is -2.42. The van der Waals surface area contributed by atoms with E-state index in [1.807, 2.05) is 0 Å². The molecule has 1 unspecified atom stereocenters. The lowest BCUT2D eigenvalue weighted by Gasteiger charge is -2.13. The molecule has 0 aliphatic heterocycles. The van der Waals surface area contributed by atoms with Gasteiger partial charge in [-0.2, -0.15) is 5.10 Å². The quantitative estimate of drug-likeness (QED) is 0.879. The summed E-state index contributed by atoms with van der Waals surface area (Å²) in [7, 11) is 0. The fourth-order valence-corrected chi connectivity index (χ4v) is 1.58. The molecule has 0 fully saturated rings. The van der Waals surface area contributed by atoms with Crippen LogP contribution in [-0.4, -0.2) is 31.7 Å². The predicted molar refractivity (Wildman–Crippen MR) is 66.7 cm³/mol. The Morgan fingerprint density at radius 3 is 2.80 bits per heavy atom. The topological polar surface area (TPSA) is 97.1 Å². The van der Waals surface area contributed by atoms with Gasteiger partial charge in [-0.15, -0.1) is 0 Å². The maximum absolute atomic E-state index is 13.2. The predicted octanol–water partition coefficient (Wildman–Crippen LogP) is 1.32. The summed E-state index contributed by atoms with van der Waals surface area (Å²) in [4.78, 5) is 26.7. The average Bonchev–Trinajstić information content (AvgIpc) is 2.91. The number of amides is 1. The van der Waals surface area contributed by atoms with E-state index in [0.717, 1.165) is 18.2 Å². The number of nitrogens with zero attached hydrogens (tertiary/aromatic N) is 3. The van der Waals surface area contributed by atoms with E-state index < -0.39 is 23.7 Å². The van der Waals surface area contributed by atoms with Gasteiger partial charge in [-0.1, -0.05) is 0 Å². The molecular formula is C12H11FN4O3. The summed E-state index contributed by atoms with van der Waals surface area (Å²) in [5, 5.41) is 15.2. The van der Waals surface area contributed by atoms with Crippen LogP contribution in [0.25, 0.3) is 0 Å². The van der Waals surface area contributed by atoms with Crippen LogP contribution in [0, 0.1) is 5.82 Å². The Labute approximate surface area is 113 Å². The van der Waals surface area contributed by atoms with Crippen molar-refractivity contribution >= 4 is 17.6 Å². The molecule has 1 amide bonds. The SMILES string of the molecule is CC(C(=O)Nc1cc(F)ccc1C(=O)O)n1cncn1. The van der Waals surface area contributed by atoms with Gasteiger partial charge in [0.25, 0.3) is 0 Å². The summed E-state index contributed by atoms with van der Waals surface area (Å²) >= 11 is 0. The zero-order valence-corrected chi connectivity index (χ0v) is 10.4. The molecule has 0 spiro atoms. The standard InChI is InChI=1S/C12H11FN4O3/c1-7(17-6-14-5-15-17)11(18)16-10-4-8(13)2-3-9(10)12(19)20/h2-7H,1H3,(H,16,18)(H,19,20). The maximum Gasteiger partial charge on any atom is 0.337 e. The number of benzene rings is 1. The van der Waals surface area contributed by atoms with Crippen molar-refractivity contribution in [1.82, 2.24) is 14.8 Å². The van der Waals surface area contributed by atoms with Gasteiger partial charge < -0.3 is 10.4 Å². The van der Waals surface area contributed by atoms with Crippen molar-refractivity contribution in [2.24, 2.45) is 0 Å². The summed E-state index contributed by atoms with van der Waals surface area (Å²) < 4.78 is 14.5. The van der Waals surface area contributed by atoms with Gasteiger partial charge in [0.1, 0.15) is 24.5 Å². The van der Waals surface area contributed by atoms with Crippen LogP contribution in [0.3, 0.4) is 0 Å².